The SMILES string of the molecule is O=Cc1cc(F)c2occc2c1. The van der Waals surface area contributed by atoms with Gasteiger partial charge < -0.3 is 4.42 Å². The van der Waals surface area contributed by atoms with Crippen LogP contribution in [-0.2, 0) is 0 Å². The molecule has 1 aromatic carbocycles. The molecule has 0 fully saturated rings. The summed E-state index contributed by atoms with van der Waals surface area (Å²) in [5.41, 5.74) is 0.516. The van der Waals surface area contributed by atoms with Gasteiger partial charge in [0.1, 0.15) is 6.29 Å². The van der Waals surface area contributed by atoms with Crippen LogP contribution >= 0.6 is 0 Å². The molecule has 2 rings (SSSR count). The first kappa shape index (κ1) is 7.03. The number of carbonyl (C=O) groups excluding carboxylic acids is 1. The van der Waals surface area contributed by atoms with Crippen molar-refractivity contribution in [2.45, 2.75) is 0 Å². The van der Waals surface area contributed by atoms with E-state index in [-0.39, 0.29) is 5.58 Å². The molecule has 60 valence electrons. The Morgan fingerprint density at radius 2 is 2.25 bits per heavy atom. The lowest BCUT2D eigenvalue weighted by Gasteiger charge is -1.92. The summed E-state index contributed by atoms with van der Waals surface area (Å²) in [5.74, 6) is -0.500. The molecular weight excluding hydrogens is 159 g/mol. The summed E-state index contributed by atoms with van der Waals surface area (Å²) in [6.45, 7) is 0. The molecule has 1 aromatic heterocycles. The molecule has 1 heterocycles. The third kappa shape index (κ3) is 0.906. The van der Waals surface area contributed by atoms with E-state index in [1.165, 1.54) is 6.26 Å². The fourth-order valence-corrected chi connectivity index (χ4v) is 1.13. The van der Waals surface area contributed by atoms with E-state index in [1.807, 2.05) is 0 Å². The summed E-state index contributed by atoms with van der Waals surface area (Å²) in [4.78, 5) is 10.3. The molecule has 0 amide bonds. The first-order valence-electron chi connectivity index (χ1n) is 3.43. The Bertz CT molecular complexity index is 431. The number of aldehydes is 1. The van der Waals surface area contributed by atoms with Crippen LogP contribution in [0.15, 0.2) is 28.9 Å². The van der Waals surface area contributed by atoms with Crippen LogP contribution < -0.4 is 0 Å². The van der Waals surface area contributed by atoms with E-state index in [0.29, 0.717) is 17.2 Å². The molecule has 0 atom stereocenters. The molecule has 0 spiro atoms. The summed E-state index contributed by atoms with van der Waals surface area (Å²) in [7, 11) is 0. The van der Waals surface area contributed by atoms with Gasteiger partial charge in [-0.05, 0) is 18.2 Å². The lowest BCUT2D eigenvalue weighted by molar-refractivity contribution is 0.112. The summed E-state index contributed by atoms with van der Waals surface area (Å²) in [6.07, 6.45) is 2.00. The topological polar surface area (TPSA) is 30.2 Å². The van der Waals surface area contributed by atoms with Crippen molar-refractivity contribution >= 4 is 17.3 Å². The van der Waals surface area contributed by atoms with Crippen LogP contribution in [0.4, 0.5) is 4.39 Å². The Kier molecular flexibility index (Phi) is 1.43. The first-order valence-corrected chi connectivity index (χ1v) is 3.43. The van der Waals surface area contributed by atoms with Crippen LogP contribution in [0.2, 0.25) is 0 Å². The minimum Gasteiger partial charge on any atom is -0.461 e. The second-order valence-corrected chi connectivity index (χ2v) is 2.46. The molecule has 0 saturated heterocycles. The molecule has 0 aliphatic rings. The Hall–Kier alpha value is -1.64. The third-order valence-electron chi connectivity index (χ3n) is 1.66. The molecular formula is C9H5FO2. The fourth-order valence-electron chi connectivity index (χ4n) is 1.13. The lowest BCUT2D eigenvalue weighted by atomic mass is 10.2. The summed E-state index contributed by atoms with van der Waals surface area (Å²) in [6, 6.07) is 4.35. The molecule has 0 aliphatic heterocycles. The van der Waals surface area contributed by atoms with Gasteiger partial charge in [0.15, 0.2) is 11.4 Å². The number of hydrogen-bond donors (Lipinski definition) is 0. The molecule has 3 heteroatoms. The zero-order chi connectivity index (χ0) is 8.55. The average Bonchev–Trinajstić information content (AvgIpc) is 2.52. The van der Waals surface area contributed by atoms with Gasteiger partial charge in [0.25, 0.3) is 0 Å². The Labute approximate surface area is 67.6 Å². The highest BCUT2D eigenvalue weighted by atomic mass is 19.1. The number of rotatable bonds is 1. The van der Waals surface area contributed by atoms with Gasteiger partial charge in [-0.2, -0.15) is 0 Å². The Morgan fingerprint density at radius 3 is 3.00 bits per heavy atom. The molecule has 0 bridgehead atoms. The monoisotopic (exact) mass is 164 g/mol. The van der Waals surface area contributed by atoms with E-state index in [1.54, 1.807) is 12.1 Å². The maximum atomic E-state index is 13.0. The van der Waals surface area contributed by atoms with Gasteiger partial charge in [0.05, 0.1) is 6.26 Å². The van der Waals surface area contributed by atoms with Crippen LogP contribution in [-0.4, -0.2) is 6.29 Å². The maximum Gasteiger partial charge on any atom is 0.169 e. The van der Waals surface area contributed by atoms with Crippen molar-refractivity contribution < 1.29 is 13.6 Å². The summed E-state index contributed by atoms with van der Waals surface area (Å²) >= 11 is 0. The van der Waals surface area contributed by atoms with Crippen molar-refractivity contribution in [3.63, 3.8) is 0 Å². The molecule has 2 aromatic rings. The highest BCUT2D eigenvalue weighted by molar-refractivity contribution is 5.86. The molecule has 0 unspecified atom stereocenters. The zero-order valence-electron chi connectivity index (χ0n) is 6.08. The van der Waals surface area contributed by atoms with Crippen molar-refractivity contribution in [1.29, 1.82) is 0 Å². The Morgan fingerprint density at radius 1 is 1.42 bits per heavy atom. The van der Waals surface area contributed by atoms with Gasteiger partial charge in [-0.25, -0.2) is 4.39 Å². The van der Waals surface area contributed by atoms with Gasteiger partial charge in [-0.3, -0.25) is 4.79 Å². The number of fused-ring (bicyclic) bond motifs is 1. The number of furan rings is 1. The van der Waals surface area contributed by atoms with Gasteiger partial charge in [0, 0.05) is 10.9 Å². The average molecular weight is 164 g/mol. The predicted octanol–water partition coefficient (Wildman–Crippen LogP) is 2.38. The smallest absolute Gasteiger partial charge is 0.169 e. The lowest BCUT2D eigenvalue weighted by Crippen LogP contribution is -1.82. The van der Waals surface area contributed by atoms with Crippen molar-refractivity contribution in [2.75, 3.05) is 0 Å². The van der Waals surface area contributed by atoms with Crippen LogP contribution in [0, 0.1) is 5.82 Å². The van der Waals surface area contributed by atoms with E-state index >= 15 is 0 Å². The molecule has 0 radical (unpaired) electrons. The van der Waals surface area contributed by atoms with Crippen LogP contribution in [0.5, 0.6) is 0 Å². The second kappa shape index (κ2) is 2.44. The van der Waals surface area contributed by atoms with Crippen LogP contribution in [0.25, 0.3) is 11.0 Å². The van der Waals surface area contributed by atoms with Gasteiger partial charge >= 0.3 is 0 Å². The highest BCUT2D eigenvalue weighted by Gasteiger charge is 2.05. The summed E-state index contributed by atoms with van der Waals surface area (Å²) in [5, 5.41) is 0.608. The molecule has 0 aliphatic carbocycles. The number of hydrogen-bond acceptors (Lipinski definition) is 2. The van der Waals surface area contributed by atoms with Crippen LogP contribution in [0.3, 0.4) is 0 Å². The standard InChI is InChI=1S/C9H5FO2/c10-8-4-6(5-11)3-7-1-2-12-9(7)8/h1-5H. The van der Waals surface area contributed by atoms with Crippen molar-refractivity contribution in [2.24, 2.45) is 0 Å². The molecule has 12 heavy (non-hydrogen) atoms. The van der Waals surface area contributed by atoms with E-state index in [9.17, 15) is 9.18 Å². The van der Waals surface area contributed by atoms with E-state index < -0.39 is 5.82 Å². The fraction of sp³-hybridized carbons (Fsp3) is 0. The van der Waals surface area contributed by atoms with Crippen molar-refractivity contribution in [1.82, 2.24) is 0 Å². The summed E-state index contributed by atoms with van der Waals surface area (Å²) < 4.78 is 17.9. The van der Waals surface area contributed by atoms with Crippen molar-refractivity contribution in [3.05, 3.63) is 35.8 Å². The largest absolute Gasteiger partial charge is 0.461 e. The zero-order valence-corrected chi connectivity index (χ0v) is 6.08. The highest BCUT2D eigenvalue weighted by Crippen LogP contribution is 2.19. The van der Waals surface area contributed by atoms with E-state index in [2.05, 4.69) is 0 Å². The van der Waals surface area contributed by atoms with E-state index in [4.69, 9.17) is 4.42 Å². The maximum absolute atomic E-state index is 13.0. The minimum absolute atomic E-state index is 0.195. The first-order chi connectivity index (χ1) is 5.81. The number of halogens is 1. The van der Waals surface area contributed by atoms with Gasteiger partial charge in [0.2, 0.25) is 0 Å². The number of benzene rings is 1. The van der Waals surface area contributed by atoms with E-state index in [0.717, 1.165) is 6.07 Å². The van der Waals surface area contributed by atoms with Gasteiger partial charge in [-0.15, -0.1) is 0 Å². The Balaban J connectivity index is 2.83. The van der Waals surface area contributed by atoms with Gasteiger partial charge in [-0.1, -0.05) is 0 Å². The molecule has 2 nitrogen and oxygen atoms in total. The third-order valence-corrected chi connectivity index (χ3v) is 1.66. The predicted molar refractivity (Wildman–Crippen MR) is 41.6 cm³/mol. The molecule has 0 saturated carbocycles. The quantitative estimate of drug-likeness (QED) is 0.605. The normalized spacial score (nSPS) is 10.4. The van der Waals surface area contributed by atoms with Crippen LogP contribution in [0.1, 0.15) is 10.4 Å². The second-order valence-electron chi connectivity index (χ2n) is 2.46. The van der Waals surface area contributed by atoms with Crippen molar-refractivity contribution in [3.8, 4) is 0 Å². The molecule has 0 N–H and O–H groups in total. The minimum atomic E-state index is -0.500. The number of carbonyl (C=O) groups is 1.